The van der Waals surface area contributed by atoms with E-state index >= 15 is 0 Å². The fourth-order valence-electron chi connectivity index (χ4n) is 2.50. The van der Waals surface area contributed by atoms with Crippen molar-refractivity contribution >= 4 is 23.5 Å². The Kier molecular flexibility index (Phi) is 4.18. The summed E-state index contributed by atoms with van der Waals surface area (Å²) in [7, 11) is 0. The van der Waals surface area contributed by atoms with Gasteiger partial charge in [0.1, 0.15) is 12.6 Å². The Bertz CT molecular complexity index is 801. The van der Waals surface area contributed by atoms with E-state index in [-0.39, 0.29) is 0 Å². The van der Waals surface area contributed by atoms with Crippen LogP contribution < -0.4 is 5.73 Å². The molecule has 6 heteroatoms. The molecule has 0 spiro atoms. The number of aryl methyl sites for hydroxylation is 2. The van der Waals surface area contributed by atoms with Gasteiger partial charge in [-0.15, -0.1) is 0 Å². The largest absolute Gasteiger partial charge is 0.318 e. The first-order valence-electron chi connectivity index (χ1n) is 6.96. The molecule has 1 atom stereocenters. The van der Waals surface area contributed by atoms with E-state index < -0.39 is 6.04 Å². The van der Waals surface area contributed by atoms with Crippen molar-refractivity contribution in [2.45, 2.75) is 18.9 Å². The minimum absolute atomic E-state index is 0.447. The van der Waals surface area contributed by atoms with Crippen LogP contribution in [0.4, 0.5) is 0 Å². The predicted molar refractivity (Wildman–Crippen MR) is 84.8 cm³/mol. The maximum atomic E-state index is 11.0. The Morgan fingerprint density at radius 2 is 2.05 bits per heavy atom. The highest BCUT2D eigenvalue weighted by Gasteiger charge is 2.18. The molecule has 0 radical (unpaired) electrons. The van der Waals surface area contributed by atoms with E-state index in [9.17, 15) is 4.79 Å². The highest BCUT2D eigenvalue weighted by molar-refractivity contribution is 6.32. The van der Waals surface area contributed by atoms with Crippen molar-refractivity contribution in [1.29, 1.82) is 0 Å². The van der Waals surface area contributed by atoms with Crippen molar-refractivity contribution in [3.05, 3.63) is 64.6 Å². The van der Waals surface area contributed by atoms with Gasteiger partial charge in [0.25, 0.3) is 0 Å². The van der Waals surface area contributed by atoms with E-state index in [2.05, 4.69) is 22.2 Å². The third-order valence-corrected chi connectivity index (χ3v) is 3.92. The van der Waals surface area contributed by atoms with Crippen LogP contribution in [0.2, 0.25) is 5.02 Å². The molecule has 1 aromatic carbocycles. The highest BCUT2D eigenvalue weighted by Crippen LogP contribution is 2.26. The molecule has 5 nitrogen and oxygen atoms in total. The van der Waals surface area contributed by atoms with Crippen LogP contribution in [0.25, 0.3) is 5.65 Å². The molecule has 2 N–H and O–H groups in total. The second kappa shape index (κ2) is 6.25. The molecule has 0 bridgehead atoms. The van der Waals surface area contributed by atoms with E-state index in [1.807, 2.05) is 24.3 Å². The van der Waals surface area contributed by atoms with Gasteiger partial charge in [-0.05, 0) is 24.5 Å². The van der Waals surface area contributed by atoms with E-state index in [0.717, 1.165) is 18.5 Å². The second-order valence-electron chi connectivity index (χ2n) is 5.04. The van der Waals surface area contributed by atoms with E-state index in [1.165, 1.54) is 11.9 Å². The number of nitrogens with two attached hydrogens (primary N) is 1. The van der Waals surface area contributed by atoms with Crippen molar-refractivity contribution in [3.8, 4) is 0 Å². The zero-order valence-electron chi connectivity index (χ0n) is 11.8. The van der Waals surface area contributed by atoms with Gasteiger partial charge in [-0.2, -0.15) is 5.10 Å². The number of nitrogens with zero attached hydrogens (tertiary/aromatic N) is 3. The second-order valence-corrected chi connectivity index (χ2v) is 5.45. The maximum Gasteiger partial charge on any atom is 0.162 e. The van der Waals surface area contributed by atoms with Crippen LogP contribution in [-0.2, 0) is 17.6 Å². The molecule has 0 aliphatic rings. The molecule has 3 rings (SSSR count). The smallest absolute Gasteiger partial charge is 0.162 e. The molecule has 2 heterocycles. The van der Waals surface area contributed by atoms with Crippen molar-refractivity contribution < 1.29 is 4.79 Å². The van der Waals surface area contributed by atoms with Gasteiger partial charge in [-0.1, -0.05) is 41.9 Å². The number of halogens is 1. The fraction of sp³-hybridized carbons (Fsp3) is 0.188. The molecule has 0 aliphatic carbocycles. The molecule has 0 amide bonds. The molecule has 22 heavy (non-hydrogen) atoms. The number of fused-ring (bicyclic) bond motifs is 1. The van der Waals surface area contributed by atoms with Gasteiger partial charge in [0.2, 0.25) is 0 Å². The maximum absolute atomic E-state index is 11.0. The van der Waals surface area contributed by atoms with Crippen molar-refractivity contribution in [3.63, 3.8) is 0 Å². The van der Waals surface area contributed by atoms with Crippen LogP contribution in [-0.4, -0.2) is 20.9 Å². The number of pyridine rings is 1. The lowest BCUT2D eigenvalue weighted by Gasteiger charge is -2.12. The average Bonchev–Trinajstić information content (AvgIpc) is 3.02. The first-order chi connectivity index (χ1) is 10.7. The molecular formula is C16H15ClN4O. The zero-order chi connectivity index (χ0) is 15.5. The van der Waals surface area contributed by atoms with Crippen LogP contribution in [0.5, 0.6) is 0 Å². The normalized spacial score (nSPS) is 12.5. The Labute approximate surface area is 132 Å². The molecule has 0 aliphatic heterocycles. The van der Waals surface area contributed by atoms with Crippen LogP contribution in [0.1, 0.15) is 22.9 Å². The lowest BCUT2D eigenvalue weighted by atomic mass is 10.1. The summed E-state index contributed by atoms with van der Waals surface area (Å²) in [6.07, 6.45) is 3.73. The number of hydrogen-bond acceptors (Lipinski definition) is 4. The summed E-state index contributed by atoms with van der Waals surface area (Å²) in [6.45, 7) is 0. The minimum atomic E-state index is -0.803. The lowest BCUT2D eigenvalue weighted by Crippen LogP contribution is -2.15. The summed E-state index contributed by atoms with van der Waals surface area (Å²) in [5, 5.41) is 4.67. The number of hydrogen-bond donors (Lipinski definition) is 1. The molecular weight excluding hydrogens is 300 g/mol. The zero-order valence-corrected chi connectivity index (χ0v) is 12.6. The van der Waals surface area contributed by atoms with E-state index in [1.54, 1.807) is 4.52 Å². The monoisotopic (exact) mass is 314 g/mol. The number of carbonyl (C=O) groups is 1. The Morgan fingerprint density at radius 1 is 1.27 bits per heavy atom. The summed E-state index contributed by atoms with van der Waals surface area (Å²) in [6, 6.07) is 11.2. The van der Waals surface area contributed by atoms with Gasteiger partial charge in [-0.3, -0.25) is 0 Å². The molecule has 0 saturated heterocycles. The van der Waals surface area contributed by atoms with Gasteiger partial charge < -0.3 is 10.5 Å². The molecule has 112 valence electrons. The third kappa shape index (κ3) is 2.73. The third-order valence-electron chi connectivity index (χ3n) is 3.60. The van der Waals surface area contributed by atoms with Gasteiger partial charge in [0.15, 0.2) is 5.65 Å². The predicted octanol–water partition coefficient (Wildman–Crippen LogP) is 2.37. The standard InChI is InChI=1S/C16H15ClN4O/c17-13-8-12(7-6-11-4-2-1-3-5-11)21-16(19-10-20-21)15(13)14(18)9-22/h1-5,8-10,14H,6-7,18H2/t14-/m1/s1. The van der Waals surface area contributed by atoms with Gasteiger partial charge >= 0.3 is 0 Å². The van der Waals surface area contributed by atoms with Crippen LogP contribution >= 0.6 is 11.6 Å². The minimum Gasteiger partial charge on any atom is -0.318 e. The first-order valence-corrected chi connectivity index (χ1v) is 7.34. The highest BCUT2D eigenvalue weighted by atomic mass is 35.5. The summed E-state index contributed by atoms with van der Waals surface area (Å²) in [5.41, 5.74) is 9.02. The first kappa shape index (κ1) is 14.7. The topological polar surface area (TPSA) is 73.3 Å². The summed E-state index contributed by atoms with van der Waals surface area (Å²) >= 11 is 6.30. The molecule has 0 saturated carbocycles. The number of aldehydes is 1. The van der Waals surface area contributed by atoms with E-state index in [4.69, 9.17) is 17.3 Å². The number of carbonyl (C=O) groups excluding carboxylic acids is 1. The molecule has 0 fully saturated rings. The van der Waals surface area contributed by atoms with Crippen molar-refractivity contribution in [2.24, 2.45) is 5.73 Å². The van der Waals surface area contributed by atoms with Crippen LogP contribution in [0.15, 0.2) is 42.7 Å². The molecule has 2 aromatic heterocycles. The van der Waals surface area contributed by atoms with Gasteiger partial charge in [0, 0.05) is 11.3 Å². The van der Waals surface area contributed by atoms with Gasteiger partial charge in [0.05, 0.1) is 11.1 Å². The average molecular weight is 315 g/mol. The number of rotatable bonds is 5. The van der Waals surface area contributed by atoms with Crippen LogP contribution in [0.3, 0.4) is 0 Å². The van der Waals surface area contributed by atoms with Gasteiger partial charge in [-0.25, -0.2) is 9.50 Å². The van der Waals surface area contributed by atoms with E-state index in [0.29, 0.717) is 22.5 Å². The lowest BCUT2D eigenvalue weighted by molar-refractivity contribution is -0.109. The molecule has 3 aromatic rings. The Balaban J connectivity index is 1.97. The summed E-state index contributed by atoms with van der Waals surface area (Å²) in [5.74, 6) is 0. The quantitative estimate of drug-likeness (QED) is 0.734. The Morgan fingerprint density at radius 3 is 2.77 bits per heavy atom. The van der Waals surface area contributed by atoms with Crippen LogP contribution in [0, 0.1) is 0 Å². The van der Waals surface area contributed by atoms with Crippen molar-refractivity contribution in [1.82, 2.24) is 14.6 Å². The number of benzene rings is 1. The number of aromatic nitrogens is 3. The Hall–Kier alpha value is -2.24. The SMILES string of the molecule is N[C@H](C=O)c1c(Cl)cc(CCc2ccccc2)n2ncnc12. The summed E-state index contributed by atoms with van der Waals surface area (Å²) in [4.78, 5) is 15.2. The van der Waals surface area contributed by atoms with Crippen molar-refractivity contribution in [2.75, 3.05) is 0 Å². The molecule has 0 unspecified atom stereocenters. The summed E-state index contributed by atoms with van der Waals surface area (Å²) < 4.78 is 1.70. The fourth-order valence-corrected chi connectivity index (χ4v) is 2.84.